The molecule has 2 rings (SSSR count). The van der Waals surface area contributed by atoms with Crippen molar-refractivity contribution in [3.8, 4) is 11.3 Å². The molecule has 0 fully saturated rings. The van der Waals surface area contributed by atoms with Crippen LogP contribution in [0, 0.1) is 13.8 Å². The Balaban J connectivity index is 2.63. The summed E-state index contributed by atoms with van der Waals surface area (Å²) in [5.41, 5.74) is 5.61. The van der Waals surface area contributed by atoms with E-state index in [4.69, 9.17) is 0 Å². The molecule has 4 nitrogen and oxygen atoms in total. The number of pyridine rings is 1. The zero-order valence-electron chi connectivity index (χ0n) is 12.3. The molecular formula is C16H19N3O. The van der Waals surface area contributed by atoms with Crippen molar-refractivity contribution in [1.29, 1.82) is 0 Å². The van der Waals surface area contributed by atoms with Gasteiger partial charge in [0.05, 0.1) is 5.69 Å². The van der Waals surface area contributed by atoms with Crippen molar-refractivity contribution >= 4 is 6.08 Å². The first-order valence-corrected chi connectivity index (χ1v) is 6.43. The second kappa shape index (κ2) is 5.33. The Morgan fingerprint density at radius 2 is 2.10 bits per heavy atom. The Labute approximate surface area is 119 Å². The van der Waals surface area contributed by atoms with Crippen molar-refractivity contribution in [2.45, 2.75) is 20.8 Å². The molecular weight excluding hydrogens is 250 g/mol. The molecule has 0 bridgehead atoms. The van der Waals surface area contributed by atoms with Gasteiger partial charge >= 0.3 is 0 Å². The monoisotopic (exact) mass is 269 g/mol. The fraction of sp³-hybridized carbons (Fsp3) is 0.250. The lowest BCUT2D eigenvalue weighted by atomic mass is 10.0. The molecule has 0 saturated carbocycles. The van der Waals surface area contributed by atoms with Gasteiger partial charge in [-0.15, -0.1) is 0 Å². The zero-order chi connectivity index (χ0) is 14.9. The average Bonchev–Trinajstić information content (AvgIpc) is 2.67. The van der Waals surface area contributed by atoms with Gasteiger partial charge in [-0.2, -0.15) is 5.10 Å². The first-order valence-electron chi connectivity index (χ1n) is 6.43. The van der Waals surface area contributed by atoms with Crippen LogP contribution >= 0.6 is 0 Å². The maximum Gasteiger partial charge on any atom is 0.111 e. The molecule has 2 heterocycles. The molecule has 1 N–H and O–H groups in total. The standard InChI is InChI=1S/C16H19N3O/c1-10(13(4)20)8-15-12(3)19(5)18-16(15)14-6-7-17-11(2)9-14/h6-9,20H,4H2,1-3,5H3/b10-8+. The molecule has 0 amide bonds. The van der Waals surface area contributed by atoms with Crippen LogP contribution in [-0.2, 0) is 7.05 Å². The van der Waals surface area contributed by atoms with E-state index >= 15 is 0 Å². The van der Waals surface area contributed by atoms with E-state index in [9.17, 15) is 5.11 Å². The summed E-state index contributed by atoms with van der Waals surface area (Å²) < 4.78 is 1.84. The first-order chi connectivity index (χ1) is 9.40. The minimum absolute atomic E-state index is 0.0742. The quantitative estimate of drug-likeness (QED) is 0.684. The van der Waals surface area contributed by atoms with Gasteiger partial charge in [-0.3, -0.25) is 9.67 Å². The highest BCUT2D eigenvalue weighted by molar-refractivity contribution is 5.75. The molecule has 104 valence electrons. The third-order valence-corrected chi connectivity index (χ3v) is 3.37. The molecule has 0 atom stereocenters. The second-order valence-corrected chi connectivity index (χ2v) is 4.93. The Morgan fingerprint density at radius 1 is 1.40 bits per heavy atom. The SMILES string of the molecule is C=C(O)/C(C)=C/c1c(-c2ccnc(C)c2)nn(C)c1C. The van der Waals surface area contributed by atoms with Gasteiger partial charge < -0.3 is 5.11 Å². The highest BCUT2D eigenvalue weighted by Gasteiger charge is 2.13. The predicted octanol–water partition coefficient (Wildman–Crippen LogP) is 3.57. The van der Waals surface area contributed by atoms with Crippen molar-refractivity contribution in [2.75, 3.05) is 0 Å². The van der Waals surface area contributed by atoms with E-state index < -0.39 is 0 Å². The molecule has 4 heteroatoms. The van der Waals surface area contributed by atoms with E-state index in [0.29, 0.717) is 0 Å². The number of aromatic nitrogens is 3. The van der Waals surface area contributed by atoms with Crippen LogP contribution in [-0.4, -0.2) is 19.9 Å². The number of hydrogen-bond acceptors (Lipinski definition) is 3. The van der Waals surface area contributed by atoms with Gasteiger partial charge in [0.25, 0.3) is 0 Å². The lowest BCUT2D eigenvalue weighted by Gasteiger charge is -2.03. The number of allylic oxidation sites excluding steroid dienone is 1. The minimum Gasteiger partial charge on any atom is -0.508 e. The fourth-order valence-corrected chi connectivity index (χ4v) is 2.00. The maximum absolute atomic E-state index is 9.49. The molecule has 0 radical (unpaired) electrons. The Kier molecular flexibility index (Phi) is 3.74. The van der Waals surface area contributed by atoms with Crippen LogP contribution in [0.2, 0.25) is 0 Å². The number of aliphatic hydroxyl groups excluding tert-OH is 1. The van der Waals surface area contributed by atoms with Gasteiger partial charge in [-0.25, -0.2) is 0 Å². The number of aliphatic hydroxyl groups is 1. The van der Waals surface area contributed by atoms with E-state index in [1.165, 1.54) is 0 Å². The van der Waals surface area contributed by atoms with Crippen LogP contribution < -0.4 is 0 Å². The van der Waals surface area contributed by atoms with Crippen LogP contribution in [0.4, 0.5) is 0 Å². The molecule has 2 aromatic rings. The van der Waals surface area contributed by atoms with Crippen molar-refractivity contribution in [3.63, 3.8) is 0 Å². The van der Waals surface area contributed by atoms with Gasteiger partial charge in [0.15, 0.2) is 0 Å². The number of aryl methyl sites for hydroxylation is 2. The van der Waals surface area contributed by atoms with Crippen molar-refractivity contribution in [1.82, 2.24) is 14.8 Å². The lowest BCUT2D eigenvalue weighted by molar-refractivity contribution is 0.427. The zero-order valence-corrected chi connectivity index (χ0v) is 12.3. The van der Waals surface area contributed by atoms with E-state index in [1.807, 2.05) is 50.7 Å². The van der Waals surface area contributed by atoms with Gasteiger partial charge in [-0.05, 0) is 44.6 Å². The highest BCUT2D eigenvalue weighted by atomic mass is 16.3. The smallest absolute Gasteiger partial charge is 0.111 e. The van der Waals surface area contributed by atoms with Crippen molar-refractivity contribution in [2.24, 2.45) is 7.05 Å². The molecule has 0 aromatic carbocycles. The lowest BCUT2D eigenvalue weighted by Crippen LogP contribution is -1.92. The normalized spacial score (nSPS) is 11.7. The third kappa shape index (κ3) is 2.64. The molecule has 0 aliphatic carbocycles. The summed E-state index contributed by atoms with van der Waals surface area (Å²) in [6.45, 7) is 9.34. The average molecular weight is 269 g/mol. The second-order valence-electron chi connectivity index (χ2n) is 4.93. The predicted molar refractivity (Wildman–Crippen MR) is 81.3 cm³/mol. The summed E-state index contributed by atoms with van der Waals surface area (Å²) in [6.07, 6.45) is 3.69. The van der Waals surface area contributed by atoms with Crippen LogP contribution in [0.15, 0.2) is 36.2 Å². The molecule has 0 aliphatic rings. The van der Waals surface area contributed by atoms with Gasteiger partial charge in [0.2, 0.25) is 0 Å². The minimum atomic E-state index is 0.0742. The summed E-state index contributed by atoms with van der Waals surface area (Å²) in [4.78, 5) is 4.21. The van der Waals surface area contributed by atoms with Gasteiger partial charge in [0, 0.05) is 35.8 Å². The summed E-state index contributed by atoms with van der Waals surface area (Å²) in [5.74, 6) is 0.0742. The summed E-state index contributed by atoms with van der Waals surface area (Å²) >= 11 is 0. The highest BCUT2D eigenvalue weighted by Crippen LogP contribution is 2.27. The molecule has 0 aliphatic heterocycles. The number of nitrogens with zero attached hydrogens (tertiary/aromatic N) is 3. The van der Waals surface area contributed by atoms with Gasteiger partial charge in [0.1, 0.15) is 5.76 Å². The van der Waals surface area contributed by atoms with Crippen LogP contribution in [0.25, 0.3) is 17.3 Å². The Morgan fingerprint density at radius 3 is 2.70 bits per heavy atom. The van der Waals surface area contributed by atoms with Crippen LogP contribution in [0.1, 0.15) is 23.9 Å². The summed E-state index contributed by atoms with van der Waals surface area (Å²) in [5, 5.41) is 14.1. The van der Waals surface area contributed by atoms with Crippen LogP contribution in [0.5, 0.6) is 0 Å². The topological polar surface area (TPSA) is 50.9 Å². The first kappa shape index (κ1) is 14.1. The molecule has 20 heavy (non-hydrogen) atoms. The maximum atomic E-state index is 9.49. The molecule has 0 saturated heterocycles. The van der Waals surface area contributed by atoms with Gasteiger partial charge in [-0.1, -0.05) is 6.58 Å². The van der Waals surface area contributed by atoms with E-state index in [0.717, 1.165) is 33.8 Å². The molecule has 0 spiro atoms. The largest absolute Gasteiger partial charge is 0.508 e. The number of rotatable bonds is 3. The Hall–Kier alpha value is -2.36. The Bertz CT molecular complexity index is 696. The summed E-state index contributed by atoms with van der Waals surface area (Å²) in [6, 6.07) is 3.94. The van der Waals surface area contributed by atoms with E-state index in [2.05, 4.69) is 16.7 Å². The van der Waals surface area contributed by atoms with Crippen molar-refractivity contribution in [3.05, 3.63) is 53.2 Å². The third-order valence-electron chi connectivity index (χ3n) is 3.37. The van der Waals surface area contributed by atoms with Crippen molar-refractivity contribution < 1.29 is 5.11 Å². The summed E-state index contributed by atoms with van der Waals surface area (Å²) in [7, 11) is 1.91. The fourth-order valence-electron chi connectivity index (χ4n) is 2.00. The molecule has 2 aromatic heterocycles. The number of hydrogen-bond donors (Lipinski definition) is 1. The van der Waals surface area contributed by atoms with E-state index in [1.54, 1.807) is 6.20 Å². The van der Waals surface area contributed by atoms with E-state index in [-0.39, 0.29) is 5.76 Å². The molecule has 0 unspecified atom stereocenters. The van der Waals surface area contributed by atoms with Crippen LogP contribution in [0.3, 0.4) is 0 Å².